The molecule has 0 aliphatic rings. The second-order valence-corrected chi connectivity index (χ2v) is 4.09. The molecule has 0 aliphatic heterocycles. The molecule has 6 heteroatoms. The largest absolute Gasteiger partial charge is 0.480 e. The summed E-state index contributed by atoms with van der Waals surface area (Å²) in [5.41, 5.74) is 2.61. The zero-order valence-corrected chi connectivity index (χ0v) is 10.5. The van der Waals surface area contributed by atoms with Crippen LogP contribution in [-0.4, -0.2) is 45.3 Å². The number of amides is 1. The maximum atomic E-state index is 11.8. The number of hydrogen-bond acceptors (Lipinski definition) is 3. The highest BCUT2D eigenvalue weighted by molar-refractivity contribution is 5.83. The monoisotopic (exact) mass is 239 g/mol. The highest BCUT2D eigenvalue weighted by atomic mass is 16.4. The van der Waals surface area contributed by atoms with Crippen LogP contribution in [-0.2, 0) is 23.1 Å². The maximum absolute atomic E-state index is 11.8. The molecule has 0 saturated heterocycles. The molecule has 0 bridgehead atoms. The van der Waals surface area contributed by atoms with E-state index in [9.17, 15) is 9.59 Å². The number of carbonyl (C=O) groups excluding carboxylic acids is 1. The van der Waals surface area contributed by atoms with Crippen molar-refractivity contribution in [1.82, 2.24) is 14.7 Å². The molecular formula is C11H17N3O3. The molecule has 1 aromatic heterocycles. The van der Waals surface area contributed by atoms with Crippen molar-refractivity contribution in [3.63, 3.8) is 0 Å². The van der Waals surface area contributed by atoms with Crippen molar-refractivity contribution in [2.24, 2.45) is 7.05 Å². The average Bonchev–Trinajstić information content (AvgIpc) is 2.44. The summed E-state index contributed by atoms with van der Waals surface area (Å²) in [5.74, 6) is -1.23. The van der Waals surface area contributed by atoms with Crippen LogP contribution in [0.2, 0.25) is 0 Å². The Morgan fingerprint density at radius 3 is 2.41 bits per heavy atom. The molecule has 0 unspecified atom stereocenters. The zero-order chi connectivity index (χ0) is 13.2. The van der Waals surface area contributed by atoms with Gasteiger partial charge in [0.15, 0.2) is 0 Å². The van der Waals surface area contributed by atoms with Crippen LogP contribution in [0.5, 0.6) is 0 Å². The minimum Gasteiger partial charge on any atom is -0.480 e. The second kappa shape index (κ2) is 4.99. The van der Waals surface area contributed by atoms with Gasteiger partial charge in [-0.15, -0.1) is 0 Å². The van der Waals surface area contributed by atoms with E-state index in [1.54, 1.807) is 4.68 Å². The molecule has 1 rings (SSSR count). The summed E-state index contributed by atoms with van der Waals surface area (Å²) in [6.07, 6.45) is 0.190. The van der Waals surface area contributed by atoms with Crippen molar-refractivity contribution >= 4 is 11.9 Å². The normalized spacial score (nSPS) is 10.4. The van der Waals surface area contributed by atoms with Gasteiger partial charge in [-0.2, -0.15) is 5.10 Å². The van der Waals surface area contributed by atoms with Crippen molar-refractivity contribution in [3.8, 4) is 0 Å². The van der Waals surface area contributed by atoms with Gasteiger partial charge in [0.1, 0.15) is 6.54 Å². The number of nitrogens with zero attached hydrogens (tertiary/aromatic N) is 3. The first kappa shape index (κ1) is 13.2. The van der Waals surface area contributed by atoms with Crippen LogP contribution in [0, 0.1) is 13.8 Å². The lowest BCUT2D eigenvalue weighted by atomic mass is 10.1. The molecular weight excluding hydrogens is 222 g/mol. The molecule has 0 spiro atoms. The van der Waals surface area contributed by atoms with E-state index >= 15 is 0 Å². The molecule has 1 heterocycles. The van der Waals surface area contributed by atoms with E-state index < -0.39 is 5.97 Å². The van der Waals surface area contributed by atoms with Crippen LogP contribution in [0.4, 0.5) is 0 Å². The number of aryl methyl sites for hydroxylation is 2. The Kier molecular flexibility index (Phi) is 3.88. The standard InChI is InChI=1S/C11H17N3O3/c1-7-9(8(2)14(4)12-7)5-10(15)13(3)6-11(16)17/h5-6H2,1-4H3,(H,16,17). The highest BCUT2D eigenvalue weighted by Gasteiger charge is 2.17. The lowest BCUT2D eigenvalue weighted by molar-refractivity contribution is -0.143. The molecule has 0 aromatic carbocycles. The maximum Gasteiger partial charge on any atom is 0.323 e. The van der Waals surface area contributed by atoms with Gasteiger partial charge in [0.25, 0.3) is 0 Å². The summed E-state index contributed by atoms with van der Waals surface area (Å²) in [6.45, 7) is 3.45. The summed E-state index contributed by atoms with van der Waals surface area (Å²) in [4.78, 5) is 23.5. The van der Waals surface area contributed by atoms with E-state index in [1.165, 1.54) is 11.9 Å². The third-order valence-electron chi connectivity index (χ3n) is 2.79. The number of carbonyl (C=O) groups is 2. The Balaban J connectivity index is 2.77. The molecule has 1 aromatic rings. The Bertz CT molecular complexity index is 451. The van der Waals surface area contributed by atoms with Gasteiger partial charge >= 0.3 is 5.97 Å². The van der Waals surface area contributed by atoms with Gasteiger partial charge in [-0.1, -0.05) is 0 Å². The molecule has 0 atom stereocenters. The summed E-state index contributed by atoms with van der Waals surface area (Å²) in [7, 11) is 3.30. The highest BCUT2D eigenvalue weighted by Crippen LogP contribution is 2.13. The van der Waals surface area contributed by atoms with Crippen LogP contribution in [0.3, 0.4) is 0 Å². The SMILES string of the molecule is Cc1nn(C)c(C)c1CC(=O)N(C)CC(=O)O. The van der Waals surface area contributed by atoms with Crippen LogP contribution in [0.1, 0.15) is 17.0 Å². The van der Waals surface area contributed by atoms with E-state index in [0.29, 0.717) is 0 Å². The van der Waals surface area contributed by atoms with E-state index in [2.05, 4.69) is 5.10 Å². The smallest absolute Gasteiger partial charge is 0.323 e. The molecule has 0 fully saturated rings. The van der Waals surface area contributed by atoms with Crippen molar-refractivity contribution < 1.29 is 14.7 Å². The number of carboxylic acids is 1. The number of aliphatic carboxylic acids is 1. The minimum absolute atomic E-state index is 0.190. The number of likely N-dealkylation sites (N-methyl/N-ethyl adjacent to an activating group) is 1. The Morgan fingerprint density at radius 1 is 1.41 bits per heavy atom. The van der Waals surface area contributed by atoms with Crippen LogP contribution >= 0.6 is 0 Å². The van der Waals surface area contributed by atoms with Crippen LogP contribution in [0.25, 0.3) is 0 Å². The van der Waals surface area contributed by atoms with Gasteiger partial charge in [0.05, 0.1) is 12.1 Å². The predicted molar refractivity (Wildman–Crippen MR) is 61.7 cm³/mol. The van der Waals surface area contributed by atoms with Crippen molar-refractivity contribution in [3.05, 3.63) is 17.0 Å². The Labute approximate surface area is 99.8 Å². The molecule has 0 saturated carbocycles. The van der Waals surface area contributed by atoms with E-state index in [0.717, 1.165) is 17.0 Å². The molecule has 0 radical (unpaired) electrons. The van der Waals surface area contributed by atoms with E-state index in [4.69, 9.17) is 5.11 Å². The lowest BCUT2D eigenvalue weighted by Crippen LogP contribution is -2.33. The Morgan fingerprint density at radius 2 is 2.00 bits per heavy atom. The van der Waals surface area contributed by atoms with Gasteiger partial charge < -0.3 is 10.0 Å². The van der Waals surface area contributed by atoms with Crippen molar-refractivity contribution in [1.29, 1.82) is 0 Å². The fourth-order valence-electron chi connectivity index (χ4n) is 1.65. The average molecular weight is 239 g/mol. The van der Waals surface area contributed by atoms with Gasteiger partial charge in [0.2, 0.25) is 5.91 Å². The van der Waals surface area contributed by atoms with Gasteiger partial charge in [0, 0.05) is 25.4 Å². The third kappa shape index (κ3) is 3.05. The summed E-state index contributed by atoms with van der Waals surface area (Å²) in [5, 5.41) is 12.8. The van der Waals surface area contributed by atoms with Gasteiger partial charge in [-0.3, -0.25) is 14.3 Å². The van der Waals surface area contributed by atoms with Gasteiger partial charge in [-0.05, 0) is 13.8 Å². The first-order valence-electron chi connectivity index (χ1n) is 5.27. The van der Waals surface area contributed by atoms with Crippen LogP contribution < -0.4 is 0 Å². The summed E-state index contributed by atoms with van der Waals surface area (Å²) >= 11 is 0. The summed E-state index contributed by atoms with van der Waals surface area (Å²) < 4.78 is 1.72. The minimum atomic E-state index is -1.01. The molecule has 1 N–H and O–H groups in total. The van der Waals surface area contributed by atoms with Crippen molar-refractivity contribution in [2.45, 2.75) is 20.3 Å². The zero-order valence-electron chi connectivity index (χ0n) is 10.5. The fraction of sp³-hybridized carbons (Fsp3) is 0.545. The first-order valence-corrected chi connectivity index (χ1v) is 5.27. The molecule has 0 aliphatic carbocycles. The quantitative estimate of drug-likeness (QED) is 0.810. The molecule has 6 nitrogen and oxygen atoms in total. The van der Waals surface area contributed by atoms with Crippen molar-refractivity contribution in [2.75, 3.05) is 13.6 Å². The van der Waals surface area contributed by atoms with E-state index in [1.807, 2.05) is 20.9 Å². The lowest BCUT2D eigenvalue weighted by Gasteiger charge is -2.14. The fourth-order valence-corrected chi connectivity index (χ4v) is 1.65. The topological polar surface area (TPSA) is 75.4 Å². The first-order chi connectivity index (χ1) is 7.82. The van der Waals surface area contributed by atoms with Gasteiger partial charge in [-0.25, -0.2) is 0 Å². The van der Waals surface area contributed by atoms with E-state index in [-0.39, 0.29) is 18.9 Å². The molecule has 17 heavy (non-hydrogen) atoms. The van der Waals surface area contributed by atoms with Crippen LogP contribution in [0.15, 0.2) is 0 Å². The molecule has 94 valence electrons. The summed E-state index contributed by atoms with van der Waals surface area (Å²) in [6, 6.07) is 0. The number of carboxylic acid groups (broad SMARTS) is 1. The Hall–Kier alpha value is -1.85. The number of aromatic nitrogens is 2. The second-order valence-electron chi connectivity index (χ2n) is 4.09. The molecule has 1 amide bonds. The third-order valence-corrected chi connectivity index (χ3v) is 2.79. The number of rotatable bonds is 4. The number of hydrogen-bond donors (Lipinski definition) is 1. The predicted octanol–water partition coefficient (Wildman–Crippen LogP) is 0.122.